The van der Waals surface area contributed by atoms with E-state index in [0.717, 1.165) is 19.4 Å². The lowest BCUT2D eigenvalue weighted by molar-refractivity contribution is -0.145. The molecule has 2 atom stereocenters. The second-order valence-corrected chi connectivity index (χ2v) is 5.39. The average Bonchev–Trinajstić information content (AvgIpc) is 2.12. The normalized spacial score (nSPS) is 16.2. The van der Waals surface area contributed by atoms with Gasteiger partial charge >= 0.3 is 6.18 Å². The van der Waals surface area contributed by atoms with Crippen molar-refractivity contribution in [3.8, 4) is 0 Å². The molecule has 4 heteroatoms. The van der Waals surface area contributed by atoms with E-state index in [-0.39, 0.29) is 5.92 Å². The van der Waals surface area contributed by atoms with Gasteiger partial charge in [0.1, 0.15) is 0 Å². The highest BCUT2D eigenvalue weighted by Crippen LogP contribution is 2.29. The second-order valence-electron chi connectivity index (χ2n) is 5.39. The molecule has 0 bridgehead atoms. The van der Waals surface area contributed by atoms with Crippen molar-refractivity contribution >= 4 is 0 Å². The van der Waals surface area contributed by atoms with Crippen molar-refractivity contribution in [2.75, 3.05) is 20.6 Å². The molecule has 0 aromatic heterocycles. The van der Waals surface area contributed by atoms with Gasteiger partial charge in [-0.1, -0.05) is 33.1 Å². The Morgan fingerprint density at radius 1 is 1.12 bits per heavy atom. The summed E-state index contributed by atoms with van der Waals surface area (Å²) in [7, 11) is 4.05. The van der Waals surface area contributed by atoms with Gasteiger partial charge in [-0.25, -0.2) is 0 Å². The van der Waals surface area contributed by atoms with Crippen LogP contribution >= 0.6 is 0 Å². The lowest BCUT2D eigenvalue weighted by atomic mass is 9.93. The Morgan fingerprint density at radius 3 is 2.12 bits per heavy atom. The molecule has 0 aliphatic heterocycles. The van der Waals surface area contributed by atoms with Crippen molar-refractivity contribution in [1.29, 1.82) is 0 Å². The summed E-state index contributed by atoms with van der Waals surface area (Å²) < 4.78 is 36.7. The van der Waals surface area contributed by atoms with Crippen LogP contribution in [0.2, 0.25) is 0 Å². The number of halogens is 3. The minimum absolute atomic E-state index is 0.193. The summed E-state index contributed by atoms with van der Waals surface area (Å²) in [5, 5.41) is 0. The van der Waals surface area contributed by atoms with E-state index in [1.54, 1.807) is 0 Å². The summed E-state index contributed by atoms with van der Waals surface area (Å²) in [6.45, 7) is 5.01. The van der Waals surface area contributed by atoms with Crippen LogP contribution in [-0.2, 0) is 0 Å². The van der Waals surface area contributed by atoms with Gasteiger partial charge in [0.25, 0.3) is 0 Å². The Hall–Kier alpha value is -0.250. The van der Waals surface area contributed by atoms with E-state index in [4.69, 9.17) is 0 Å². The van der Waals surface area contributed by atoms with E-state index in [0.29, 0.717) is 18.8 Å². The van der Waals surface area contributed by atoms with Crippen LogP contribution in [0.3, 0.4) is 0 Å². The van der Waals surface area contributed by atoms with Crippen LogP contribution in [-0.4, -0.2) is 31.7 Å². The molecule has 0 amide bonds. The number of hydrogen-bond acceptors (Lipinski definition) is 1. The third-order valence-electron chi connectivity index (χ3n) is 3.08. The Kier molecular flexibility index (Phi) is 7.84. The molecule has 17 heavy (non-hydrogen) atoms. The summed E-state index contributed by atoms with van der Waals surface area (Å²) >= 11 is 0. The van der Waals surface area contributed by atoms with Crippen LogP contribution in [0.15, 0.2) is 0 Å². The molecule has 104 valence electrons. The van der Waals surface area contributed by atoms with E-state index < -0.39 is 12.6 Å². The van der Waals surface area contributed by atoms with Crippen LogP contribution in [0.4, 0.5) is 13.2 Å². The van der Waals surface area contributed by atoms with Gasteiger partial charge in [0.15, 0.2) is 0 Å². The van der Waals surface area contributed by atoms with Crippen molar-refractivity contribution in [3.05, 3.63) is 0 Å². The molecule has 0 radical (unpaired) electrons. The molecule has 0 aliphatic rings. The predicted molar refractivity (Wildman–Crippen MR) is 66.0 cm³/mol. The molecule has 2 unspecified atom stereocenters. The summed E-state index contributed by atoms with van der Waals surface area (Å²) in [5.41, 5.74) is 0. The highest BCUT2D eigenvalue weighted by Gasteiger charge is 2.30. The summed E-state index contributed by atoms with van der Waals surface area (Å²) in [4.78, 5) is 2.12. The largest absolute Gasteiger partial charge is 0.389 e. The molecule has 0 aromatic rings. The SMILES string of the molecule is CCC(CCCC(C)CN(C)C)CC(F)(F)F. The molecular formula is C13H26F3N. The quantitative estimate of drug-likeness (QED) is 0.622. The van der Waals surface area contributed by atoms with Gasteiger partial charge in [-0.05, 0) is 32.4 Å². The van der Waals surface area contributed by atoms with E-state index in [9.17, 15) is 13.2 Å². The molecule has 0 aromatic carbocycles. The first-order valence-corrected chi connectivity index (χ1v) is 6.46. The maximum absolute atomic E-state index is 12.2. The third kappa shape index (κ3) is 10.6. The number of alkyl halides is 3. The molecule has 0 N–H and O–H groups in total. The van der Waals surface area contributed by atoms with Crippen molar-refractivity contribution in [1.82, 2.24) is 4.90 Å². The number of hydrogen-bond donors (Lipinski definition) is 0. The van der Waals surface area contributed by atoms with Gasteiger partial charge in [0.2, 0.25) is 0 Å². The monoisotopic (exact) mass is 253 g/mol. The van der Waals surface area contributed by atoms with Crippen LogP contribution in [0, 0.1) is 11.8 Å². The average molecular weight is 253 g/mol. The van der Waals surface area contributed by atoms with E-state index in [2.05, 4.69) is 11.8 Å². The first-order valence-electron chi connectivity index (χ1n) is 6.46. The highest BCUT2D eigenvalue weighted by molar-refractivity contribution is 4.65. The Labute approximate surface area is 103 Å². The molecule has 0 rings (SSSR count). The minimum Gasteiger partial charge on any atom is -0.309 e. The fourth-order valence-corrected chi connectivity index (χ4v) is 2.25. The Morgan fingerprint density at radius 2 is 1.71 bits per heavy atom. The van der Waals surface area contributed by atoms with E-state index in [1.807, 2.05) is 21.0 Å². The van der Waals surface area contributed by atoms with Gasteiger partial charge in [-0.3, -0.25) is 0 Å². The maximum Gasteiger partial charge on any atom is 0.389 e. The lowest BCUT2D eigenvalue weighted by Gasteiger charge is -2.19. The Balaban J connectivity index is 3.77. The lowest BCUT2D eigenvalue weighted by Crippen LogP contribution is -2.20. The van der Waals surface area contributed by atoms with Crippen LogP contribution in [0.25, 0.3) is 0 Å². The first kappa shape index (κ1) is 16.8. The first-order chi connectivity index (χ1) is 7.74. The van der Waals surface area contributed by atoms with Gasteiger partial charge in [-0.15, -0.1) is 0 Å². The molecule has 0 saturated heterocycles. The van der Waals surface area contributed by atoms with Crippen molar-refractivity contribution in [2.45, 2.75) is 52.1 Å². The predicted octanol–water partition coefficient (Wildman–Crippen LogP) is 4.33. The summed E-state index contributed by atoms with van der Waals surface area (Å²) in [6.07, 6.45) is -1.37. The topological polar surface area (TPSA) is 3.24 Å². The van der Waals surface area contributed by atoms with Gasteiger partial charge < -0.3 is 4.90 Å². The molecule has 0 heterocycles. The third-order valence-corrected chi connectivity index (χ3v) is 3.08. The van der Waals surface area contributed by atoms with E-state index >= 15 is 0 Å². The zero-order valence-corrected chi connectivity index (χ0v) is 11.5. The molecule has 0 saturated carbocycles. The minimum atomic E-state index is -4.00. The van der Waals surface area contributed by atoms with Crippen LogP contribution in [0.5, 0.6) is 0 Å². The second kappa shape index (κ2) is 7.96. The number of nitrogens with zero attached hydrogens (tertiary/aromatic N) is 1. The molecule has 0 aliphatic carbocycles. The van der Waals surface area contributed by atoms with Gasteiger partial charge in [0, 0.05) is 13.0 Å². The molecule has 1 nitrogen and oxygen atoms in total. The zero-order valence-electron chi connectivity index (χ0n) is 11.5. The molecule has 0 fully saturated rings. The molecular weight excluding hydrogens is 227 g/mol. The Bertz CT molecular complexity index is 190. The highest BCUT2D eigenvalue weighted by atomic mass is 19.4. The van der Waals surface area contributed by atoms with Crippen molar-refractivity contribution in [3.63, 3.8) is 0 Å². The van der Waals surface area contributed by atoms with Gasteiger partial charge in [-0.2, -0.15) is 13.2 Å². The number of rotatable bonds is 8. The smallest absolute Gasteiger partial charge is 0.309 e. The van der Waals surface area contributed by atoms with Gasteiger partial charge in [0.05, 0.1) is 0 Å². The fourth-order valence-electron chi connectivity index (χ4n) is 2.25. The molecule has 0 spiro atoms. The van der Waals surface area contributed by atoms with E-state index in [1.165, 1.54) is 0 Å². The van der Waals surface area contributed by atoms with Crippen molar-refractivity contribution in [2.24, 2.45) is 11.8 Å². The standard InChI is InChI=1S/C13H26F3N/c1-5-12(9-13(14,15)16)8-6-7-11(2)10-17(3)4/h11-12H,5-10H2,1-4H3. The fraction of sp³-hybridized carbons (Fsp3) is 1.00. The van der Waals surface area contributed by atoms with Crippen molar-refractivity contribution < 1.29 is 13.2 Å². The van der Waals surface area contributed by atoms with Crippen LogP contribution in [0.1, 0.15) is 46.0 Å². The summed E-state index contributed by atoms with van der Waals surface area (Å²) in [6, 6.07) is 0. The maximum atomic E-state index is 12.2. The van der Waals surface area contributed by atoms with Crippen LogP contribution < -0.4 is 0 Å². The zero-order chi connectivity index (χ0) is 13.5. The summed E-state index contributed by atoms with van der Waals surface area (Å²) in [5.74, 6) is 0.370.